The maximum absolute atomic E-state index is 11.4. The zero-order chi connectivity index (χ0) is 14.4. The summed E-state index contributed by atoms with van der Waals surface area (Å²) >= 11 is 0. The van der Waals surface area contributed by atoms with Crippen molar-refractivity contribution >= 4 is 17.6 Å². The number of benzene rings is 2. The molecule has 20 heavy (non-hydrogen) atoms. The molecule has 0 bridgehead atoms. The Morgan fingerprint density at radius 2 is 1.65 bits per heavy atom. The van der Waals surface area contributed by atoms with Crippen LogP contribution < -0.4 is 0 Å². The highest BCUT2D eigenvalue weighted by Gasteiger charge is 2.06. The molecule has 0 amide bonds. The standard InChI is InChI=1S/C17H13NO2/c1-20-17(19)15-9-7-14(8-10-15)16(12-18)11-13-5-3-2-4-6-13/h2-11H,1H3/b16-11+. The van der Waals surface area contributed by atoms with E-state index in [-0.39, 0.29) is 5.97 Å². The van der Waals surface area contributed by atoms with Crippen LogP contribution in [0.2, 0.25) is 0 Å². The van der Waals surface area contributed by atoms with E-state index in [2.05, 4.69) is 10.8 Å². The van der Waals surface area contributed by atoms with Crippen molar-refractivity contribution in [1.82, 2.24) is 0 Å². The van der Waals surface area contributed by atoms with Crippen LogP contribution in [0.25, 0.3) is 11.6 Å². The second-order valence-corrected chi connectivity index (χ2v) is 4.15. The highest BCUT2D eigenvalue weighted by molar-refractivity contribution is 5.92. The summed E-state index contributed by atoms with van der Waals surface area (Å²) in [6.45, 7) is 0. The van der Waals surface area contributed by atoms with Gasteiger partial charge < -0.3 is 4.74 Å². The number of allylic oxidation sites excluding steroid dienone is 1. The van der Waals surface area contributed by atoms with Gasteiger partial charge in [-0.3, -0.25) is 0 Å². The first kappa shape index (κ1) is 13.6. The second-order valence-electron chi connectivity index (χ2n) is 4.15. The zero-order valence-electron chi connectivity index (χ0n) is 11.0. The minimum atomic E-state index is -0.387. The number of carbonyl (C=O) groups is 1. The van der Waals surface area contributed by atoms with Gasteiger partial charge in [0.1, 0.15) is 0 Å². The van der Waals surface area contributed by atoms with Crippen molar-refractivity contribution < 1.29 is 9.53 Å². The molecular formula is C17H13NO2. The molecule has 0 aliphatic carbocycles. The first-order valence-corrected chi connectivity index (χ1v) is 6.10. The summed E-state index contributed by atoms with van der Waals surface area (Å²) in [5.74, 6) is -0.387. The molecule has 2 rings (SSSR count). The molecule has 0 unspecified atom stereocenters. The number of ether oxygens (including phenoxy) is 1. The van der Waals surface area contributed by atoms with E-state index in [1.807, 2.05) is 36.4 Å². The molecule has 0 aromatic heterocycles. The number of nitrogens with zero attached hydrogens (tertiary/aromatic N) is 1. The number of esters is 1. The normalized spacial score (nSPS) is 10.7. The number of nitriles is 1. The fourth-order valence-electron chi connectivity index (χ4n) is 1.80. The Hall–Kier alpha value is -2.86. The molecule has 0 radical (unpaired) electrons. The Morgan fingerprint density at radius 3 is 2.20 bits per heavy atom. The lowest BCUT2D eigenvalue weighted by atomic mass is 10.0. The first-order valence-electron chi connectivity index (χ1n) is 6.10. The van der Waals surface area contributed by atoms with Crippen LogP contribution in [0.3, 0.4) is 0 Å². The number of hydrogen-bond donors (Lipinski definition) is 0. The van der Waals surface area contributed by atoms with Crippen LogP contribution in [-0.4, -0.2) is 13.1 Å². The van der Waals surface area contributed by atoms with Gasteiger partial charge in [-0.1, -0.05) is 42.5 Å². The lowest BCUT2D eigenvalue weighted by molar-refractivity contribution is 0.0600. The van der Waals surface area contributed by atoms with Crippen molar-refractivity contribution in [3.05, 3.63) is 71.3 Å². The van der Waals surface area contributed by atoms with Crippen LogP contribution in [0, 0.1) is 11.3 Å². The average Bonchev–Trinajstić information content (AvgIpc) is 2.53. The van der Waals surface area contributed by atoms with E-state index in [1.54, 1.807) is 24.3 Å². The van der Waals surface area contributed by atoms with Crippen LogP contribution in [0.4, 0.5) is 0 Å². The predicted molar refractivity (Wildman–Crippen MR) is 77.7 cm³/mol. The molecule has 0 saturated heterocycles. The maximum atomic E-state index is 11.4. The summed E-state index contributed by atoms with van der Waals surface area (Å²) in [5, 5.41) is 9.26. The van der Waals surface area contributed by atoms with Crippen LogP contribution in [-0.2, 0) is 4.74 Å². The lowest BCUT2D eigenvalue weighted by Gasteiger charge is -2.02. The number of hydrogen-bond acceptors (Lipinski definition) is 3. The Bertz CT molecular complexity index is 664. The smallest absolute Gasteiger partial charge is 0.337 e. The van der Waals surface area contributed by atoms with E-state index >= 15 is 0 Å². The van der Waals surface area contributed by atoms with Crippen molar-refractivity contribution in [2.75, 3.05) is 7.11 Å². The Balaban J connectivity index is 2.32. The van der Waals surface area contributed by atoms with Gasteiger partial charge in [0.25, 0.3) is 0 Å². The number of methoxy groups -OCH3 is 1. The van der Waals surface area contributed by atoms with Crippen LogP contribution >= 0.6 is 0 Å². The third-order valence-corrected chi connectivity index (χ3v) is 2.85. The maximum Gasteiger partial charge on any atom is 0.337 e. The number of carbonyl (C=O) groups excluding carboxylic acids is 1. The summed E-state index contributed by atoms with van der Waals surface area (Å²) in [5.41, 5.74) is 2.74. The predicted octanol–water partition coefficient (Wildman–Crippen LogP) is 3.54. The van der Waals surface area contributed by atoms with E-state index in [4.69, 9.17) is 0 Å². The molecule has 0 aliphatic heterocycles. The minimum Gasteiger partial charge on any atom is -0.465 e. The molecule has 0 atom stereocenters. The molecule has 3 nitrogen and oxygen atoms in total. The molecule has 0 aliphatic rings. The lowest BCUT2D eigenvalue weighted by Crippen LogP contribution is -2.00. The molecule has 3 heteroatoms. The van der Waals surface area contributed by atoms with Crippen molar-refractivity contribution in [1.29, 1.82) is 5.26 Å². The SMILES string of the molecule is COC(=O)c1ccc(/C(C#N)=C/c2ccccc2)cc1. The van der Waals surface area contributed by atoms with Crippen LogP contribution in [0.1, 0.15) is 21.5 Å². The Labute approximate surface area is 117 Å². The molecule has 98 valence electrons. The first-order chi connectivity index (χ1) is 9.74. The molecule has 0 heterocycles. The summed E-state index contributed by atoms with van der Waals surface area (Å²) < 4.78 is 4.64. The van der Waals surface area contributed by atoms with Gasteiger partial charge >= 0.3 is 5.97 Å². The highest BCUT2D eigenvalue weighted by Crippen LogP contribution is 2.18. The largest absolute Gasteiger partial charge is 0.465 e. The summed E-state index contributed by atoms with van der Waals surface area (Å²) in [4.78, 5) is 11.4. The summed E-state index contributed by atoms with van der Waals surface area (Å²) in [6.07, 6.45) is 1.81. The van der Waals surface area contributed by atoms with Gasteiger partial charge in [-0.2, -0.15) is 5.26 Å². The molecular weight excluding hydrogens is 250 g/mol. The molecule has 2 aromatic rings. The fraction of sp³-hybridized carbons (Fsp3) is 0.0588. The van der Waals surface area contributed by atoms with E-state index in [9.17, 15) is 10.1 Å². The molecule has 2 aromatic carbocycles. The Morgan fingerprint density at radius 1 is 1.05 bits per heavy atom. The van der Waals surface area contributed by atoms with E-state index in [0.717, 1.165) is 11.1 Å². The average molecular weight is 263 g/mol. The minimum absolute atomic E-state index is 0.387. The van der Waals surface area contributed by atoms with Gasteiger partial charge in [-0.25, -0.2) is 4.79 Å². The van der Waals surface area contributed by atoms with E-state index < -0.39 is 0 Å². The van der Waals surface area contributed by atoms with E-state index in [1.165, 1.54) is 7.11 Å². The fourth-order valence-corrected chi connectivity index (χ4v) is 1.80. The van der Waals surface area contributed by atoms with Crippen molar-refractivity contribution in [3.8, 4) is 6.07 Å². The van der Waals surface area contributed by atoms with Crippen LogP contribution in [0.15, 0.2) is 54.6 Å². The van der Waals surface area contributed by atoms with Crippen LogP contribution in [0.5, 0.6) is 0 Å². The van der Waals surface area contributed by atoms with Gasteiger partial charge in [-0.05, 0) is 29.3 Å². The topological polar surface area (TPSA) is 50.1 Å². The molecule has 0 spiro atoms. The highest BCUT2D eigenvalue weighted by atomic mass is 16.5. The summed E-state index contributed by atoms with van der Waals surface area (Å²) in [6, 6.07) is 18.6. The monoisotopic (exact) mass is 263 g/mol. The summed E-state index contributed by atoms with van der Waals surface area (Å²) in [7, 11) is 1.34. The molecule has 0 saturated carbocycles. The Kier molecular flexibility index (Phi) is 4.31. The van der Waals surface area contributed by atoms with Gasteiger partial charge in [0.15, 0.2) is 0 Å². The molecule has 0 fully saturated rings. The van der Waals surface area contributed by atoms with Gasteiger partial charge in [0.05, 0.1) is 24.3 Å². The number of rotatable bonds is 3. The van der Waals surface area contributed by atoms with Crippen molar-refractivity contribution in [2.24, 2.45) is 0 Å². The van der Waals surface area contributed by atoms with E-state index in [0.29, 0.717) is 11.1 Å². The van der Waals surface area contributed by atoms with Crippen molar-refractivity contribution in [2.45, 2.75) is 0 Å². The van der Waals surface area contributed by atoms with Gasteiger partial charge in [0, 0.05) is 0 Å². The molecule has 0 N–H and O–H groups in total. The van der Waals surface area contributed by atoms with Crippen molar-refractivity contribution in [3.63, 3.8) is 0 Å². The third-order valence-electron chi connectivity index (χ3n) is 2.85. The zero-order valence-corrected chi connectivity index (χ0v) is 11.0. The third kappa shape index (κ3) is 3.12. The van der Waals surface area contributed by atoms with Gasteiger partial charge in [-0.15, -0.1) is 0 Å². The quantitative estimate of drug-likeness (QED) is 0.483. The second kappa shape index (κ2) is 6.35. The van der Waals surface area contributed by atoms with Gasteiger partial charge in [0.2, 0.25) is 0 Å².